The van der Waals surface area contributed by atoms with E-state index in [1.54, 1.807) is 89.9 Å². The van der Waals surface area contributed by atoms with Crippen LogP contribution < -0.4 is 37.6 Å². The highest BCUT2D eigenvalue weighted by molar-refractivity contribution is 8.01. The molecule has 30 nitrogen and oxygen atoms in total. The molecule has 13 amide bonds. The number of unbranched alkanes of at least 4 members (excludes halogenated alkanes) is 2. The molecule has 108 heavy (non-hydrogen) atoms. The predicted molar refractivity (Wildman–Crippen MR) is 411 cm³/mol. The normalized spacial score (nSPS) is 21.0. The number of likely N-dealkylation sites (tertiary alicyclic amines) is 2. The molecule has 604 valence electrons. The number of ether oxygens (including phenoxy) is 3. The highest BCUT2D eigenvalue weighted by atomic mass is 32.2. The number of aliphatic hydroxyl groups excluding tert-OH is 1. The fourth-order valence-electron chi connectivity index (χ4n) is 14.3. The van der Waals surface area contributed by atoms with Gasteiger partial charge in [0.1, 0.15) is 30.8 Å². The molecule has 0 saturated carbocycles. The van der Waals surface area contributed by atoms with Crippen LogP contribution in [-0.2, 0) is 73.3 Å². The van der Waals surface area contributed by atoms with Crippen LogP contribution in [-0.4, -0.2) is 244 Å². The highest BCUT2D eigenvalue weighted by Crippen LogP contribution is 2.42. The standard InChI is InChI=1S/C76H121N12O18PS/c1-16-18-20-25-48(8)78-60(90)35-39-107(102,103)40-41-108-58-43-62(92)88(73(58)98)38-34-59(89)82-64-51(11)86(75(77)100)36-23-28-55(81-71(64)96)70(95)80-54-32-30-52(31-33-54)44-106-76(101)85(13)65(46(5)6)72(97)83-63(45(3)4)74(99)84(12)66(47(7)17-2)57(104-14)42-61(91)87-37-24-29-56(87)68(105-15)49(9)69(94)79-50(10)67(93)53-26-21-19-22-27-53/h19,21-22,26-27,30-33,45-51,55-58,63-68,93H,16-18,20,23-25,28-29,34-44H2,1-15H3,(H2,77,100)(H,78,90)(H,79,94)(H,80,95)(H,81,96)(H,82,89)(H,83,97)(H,102,103)/t47?,48?,49-,50-,51?,55+,56+,57?,58?,63+,64-,65+,66+,67-,68-/m1/s1. The lowest BCUT2D eigenvalue weighted by Gasteiger charge is -2.41. The number of nitrogens with two attached hydrogens (primary N) is 1. The van der Waals surface area contributed by atoms with Gasteiger partial charge in [-0.25, -0.2) is 9.59 Å². The Morgan fingerprint density at radius 1 is 0.787 bits per heavy atom. The van der Waals surface area contributed by atoms with Gasteiger partial charge in [0, 0.05) is 97.0 Å². The number of urea groups is 1. The number of carbonyl (C=O) groups excluding carboxylic acids is 12. The van der Waals surface area contributed by atoms with Crippen molar-refractivity contribution in [1.82, 2.24) is 51.1 Å². The molecule has 0 radical (unpaired) electrons. The molecule has 6 unspecified atom stereocenters. The highest BCUT2D eigenvalue weighted by Gasteiger charge is 2.46. The number of hydrogen-bond donors (Lipinski definition) is 9. The Kier molecular flexibility index (Phi) is 36.7. The van der Waals surface area contributed by atoms with E-state index >= 15 is 0 Å². The number of methoxy groups -OCH3 is 2. The Labute approximate surface area is 641 Å². The average Bonchev–Trinajstić information content (AvgIpc) is 0.952. The van der Waals surface area contributed by atoms with Crippen molar-refractivity contribution >= 4 is 96.0 Å². The zero-order valence-electron chi connectivity index (χ0n) is 65.7. The van der Waals surface area contributed by atoms with E-state index in [-0.39, 0.29) is 99.6 Å². The second-order valence-electron chi connectivity index (χ2n) is 29.7. The topological polar surface area (TPSA) is 404 Å². The van der Waals surface area contributed by atoms with E-state index < -0.39 is 157 Å². The Morgan fingerprint density at radius 2 is 1.44 bits per heavy atom. The molecular weight excluding hydrogens is 1430 g/mol. The van der Waals surface area contributed by atoms with Gasteiger partial charge >= 0.3 is 12.1 Å². The Bertz CT molecular complexity index is 3410. The first-order valence-corrected chi connectivity index (χ1v) is 41.1. The van der Waals surface area contributed by atoms with Gasteiger partial charge in [-0.15, -0.1) is 11.8 Å². The number of aliphatic hydroxyl groups is 1. The number of benzene rings is 2. The molecule has 2 aromatic rings. The van der Waals surface area contributed by atoms with E-state index in [1.807, 2.05) is 39.0 Å². The largest absolute Gasteiger partial charge is 0.445 e. The van der Waals surface area contributed by atoms with Crippen molar-refractivity contribution < 1.29 is 86.3 Å². The minimum absolute atomic E-state index is 0.00734. The SMILES string of the molecule is CCCCCC(C)NC(=O)CCP(=O)(O)CCSC1CC(=O)N(CCC(=O)N[C@H]2C(=O)N[C@H](C(=O)Nc3ccc(COC(=O)N(C)[C@H](C(=O)N[C@H](C(=O)N(C)[C@@H](C(C)CC)C(CC(=O)N4CCC[C@H]4[C@H](OC)[C@@H](C)C(=O)N[C@H](C)[C@@H](O)c4ccccc4)OC)C(C)C)C(C)C)cc3)CCCN(C(N)=O)C2C)C1=O. The summed E-state index contributed by atoms with van der Waals surface area (Å²) < 4.78 is 30.7. The summed E-state index contributed by atoms with van der Waals surface area (Å²) in [6.45, 7) is 19.8. The van der Waals surface area contributed by atoms with E-state index in [4.69, 9.17) is 19.9 Å². The number of amides is 13. The average molecular weight is 1550 g/mol. The van der Waals surface area contributed by atoms with Gasteiger partial charge in [0.15, 0.2) is 0 Å². The van der Waals surface area contributed by atoms with Crippen LogP contribution in [0, 0.1) is 23.7 Å². The molecule has 3 heterocycles. The van der Waals surface area contributed by atoms with E-state index in [2.05, 4.69) is 38.8 Å². The summed E-state index contributed by atoms with van der Waals surface area (Å²) >= 11 is 1.04. The number of nitrogens with one attached hydrogen (secondary N) is 6. The maximum atomic E-state index is 14.9. The van der Waals surface area contributed by atoms with Gasteiger partial charge in [-0.2, -0.15) is 0 Å². The van der Waals surface area contributed by atoms with Gasteiger partial charge in [-0.05, 0) is 93.9 Å². The van der Waals surface area contributed by atoms with Crippen molar-refractivity contribution in [1.29, 1.82) is 0 Å². The summed E-state index contributed by atoms with van der Waals surface area (Å²) in [7, 11) is 2.31. The maximum absolute atomic E-state index is 14.9. The van der Waals surface area contributed by atoms with Crippen molar-refractivity contribution in [3.05, 3.63) is 65.7 Å². The van der Waals surface area contributed by atoms with Crippen molar-refractivity contribution in [2.75, 3.05) is 71.3 Å². The molecule has 10 N–H and O–H groups in total. The molecule has 2 aromatic carbocycles. The summed E-state index contributed by atoms with van der Waals surface area (Å²) in [4.78, 5) is 182. The van der Waals surface area contributed by atoms with Gasteiger partial charge < -0.3 is 76.5 Å². The molecule has 16 atom stereocenters. The number of thioether (sulfide) groups is 1. The number of nitrogens with zero attached hydrogens (tertiary/aromatic N) is 5. The number of imide groups is 1. The van der Waals surface area contributed by atoms with Gasteiger partial charge in [0.25, 0.3) is 0 Å². The minimum Gasteiger partial charge on any atom is -0.445 e. The Hall–Kier alpha value is -7.70. The first-order valence-electron chi connectivity index (χ1n) is 38.0. The lowest BCUT2D eigenvalue weighted by molar-refractivity contribution is -0.148. The Morgan fingerprint density at radius 3 is 2.06 bits per heavy atom. The van der Waals surface area contributed by atoms with Gasteiger partial charge in [0.2, 0.25) is 66.4 Å². The van der Waals surface area contributed by atoms with E-state index in [0.29, 0.717) is 42.6 Å². The first kappa shape index (κ1) is 90.9. The third-order valence-corrected chi connectivity index (χ3v) is 24.3. The molecule has 32 heteroatoms. The van der Waals surface area contributed by atoms with E-state index in [1.165, 1.54) is 38.0 Å². The van der Waals surface area contributed by atoms with Crippen LogP contribution in [0.15, 0.2) is 54.6 Å². The summed E-state index contributed by atoms with van der Waals surface area (Å²) in [5, 5.41) is 26.9. The number of rotatable bonds is 40. The number of primary amides is 1. The second kappa shape index (κ2) is 43.6. The zero-order chi connectivity index (χ0) is 80.4. The van der Waals surface area contributed by atoms with Crippen LogP contribution in [0.3, 0.4) is 0 Å². The maximum Gasteiger partial charge on any atom is 0.410 e. The number of anilines is 1. The number of carbonyl (C=O) groups is 12. The van der Waals surface area contributed by atoms with Crippen molar-refractivity contribution in [2.45, 2.75) is 244 Å². The quantitative estimate of drug-likeness (QED) is 0.0208. The lowest BCUT2D eigenvalue weighted by Crippen LogP contribution is -2.60. The number of hydrogen-bond acceptors (Lipinski definition) is 18. The molecule has 3 fully saturated rings. The second-order valence-corrected chi connectivity index (χ2v) is 33.6. The van der Waals surface area contributed by atoms with Crippen molar-refractivity contribution in [3.63, 3.8) is 0 Å². The molecule has 0 aromatic heterocycles. The van der Waals surface area contributed by atoms with E-state index in [9.17, 15) is 72.1 Å². The van der Waals surface area contributed by atoms with Crippen LogP contribution in [0.4, 0.5) is 15.3 Å². The minimum atomic E-state index is -3.74. The fraction of sp³-hybridized carbons (Fsp3) is 0.684. The summed E-state index contributed by atoms with van der Waals surface area (Å²) in [5.41, 5.74) is 7.20. The molecule has 3 aliphatic rings. The van der Waals surface area contributed by atoms with Crippen LogP contribution in [0.1, 0.15) is 177 Å². The van der Waals surface area contributed by atoms with Gasteiger partial charge in [-0.1, -0.05) is 124 Å². The Balaban J connectivity index is 1.14. The fourth-order valence-corrected chi connectivity index (χ4v) is 17.4. The smallest absolute Gasteiger partial charge is 0.410 e. The molecule has 0 bridgehead atoms. The monoisotopic (exact) mass is 1550 g/mol. The van der Waals surface area contributed by atoms with Crippen LogP contribution in [0.2, 0.25) is 0 Å². The van der Waals surface area contributed by atoms with E-state index in [0.717, 1.165) is 47.2 Å². The third kappa shape index (κ3) is 26.2. The number of likely N-dealkylation sites (N-methyl/N-ethyl adjacent to an activating group) is 2. The molecule has 3 aliphatic heterocycles. The van der Waals surface area contributed by atoms with Crippen LogP contribution >= 0.6 is 19.1 Å². The summed E-state index contributed by atoms with van der Waals surface area (Å²) in [6, 6.07) is 6.83. The van der Waals surface area contributed by atoms with Gasteiger partial charge in [-0.3, -0.25) is 62.3 Å². The zero-order valence-corrected chi connectivity index (χ0v) is 67.5. The molecule has 0 aliphatic carbocycles. The molecular formula is C76H121N12O18PS. The van der Waals surface area contributed by atoms with Crippen LogP contribution in [0.25, 0.3) is 0 Å². The van der Waals surface area contributed by atoms with Crippen molar-refractivity contribution in [2.24, 2.45) is 29.4 Å². The molecule has 0 spiro atoms. The first-order chi connectivity index (χ1) is 51.0. The summed E-state index contributed by atoms with van der Waals surface area (Å²) in [5.74, 6) is -7.04. The van der Waals surface area contributed by atoms with Gasteiger partial charge in [0.05, 0.1) is 60.1 Å². The van der Waals surface area contributed by atoms with Crippen LogP contribution in [0.5, 0.6) is 0 Å². The van der Waals surface area contributed by atoms with Crippen molar-refractivity contribution in [3.8, 4) is 0 Å². The summed E-state index contributed by atoms with van der Waals surface area (Å²) in [6.07, 6.45) is 1.43. The molecule has 3 saturated heterocycles. The molecule has 5 rings (SSSR count). The third-order valence-electron chi connectivity index (χ3n) is 20.9. The lowest BCUT2D eigenvalue weighted by atomic mass is 9.89. The predicted octanol–water partition coefficient (Wildman–Crippen LogP) is 6.05.